The molecule has 1 saturated carbocycles. The highest BCUT2D eigenvalue weighted by atomic mass is 32.2. The van der Waals surface area contributed by atoms with E-state index in [2.05, 4.69) is 34.7 Å². The van der Waals surface area contributed by atoms with E-state index < -0.39 is 0 Å². The molecule has 1 atom stereocenters. The Bertz CT molecular complexity index is 364. The minimum absolute atomic E-state index is 0.579. The summed E-state index contributed by atoms with van der Waals surface area (Å²) in [5, 5.41) is 16.5. The minimum atomic E-state index is 0.579. The first-order valence-electron chi connectivity index (χ1n) is 7.45. The van der Waals surface area contributed by atoms with Crippen molar-refractivity contribution in [1.82, 2.24) is 25.5 Å². The van der Waals surface area contributed by atoms with Crippen LogP contribution in [0.15, 0.2) is 5.16 Å². The zero-order chi connectivity index (χ0) is 13.5. The second-order valence-corrected chi connectivity index (χ2v) is 6.40. The number of rotatable bonds is 10. The zero-order valence-corrected chi connectivity index (χ0v) is 12.8. The minimum Gasteiger partial charge on any atom is -0.314 e. The quantitative estimate of drug-likeness (QED) is 0.528. The number of aromatic nitrogens is 4. The summed E-state index contributed by atoms with van der Waals surface area (Å²) < 4.78 is 2.00. The number of nitrogens with zero attached hydrogens (tertiary/aromatic N) is 4. The Morgan fingerprint density at radius 3 is 3.00 bits per heavy atom. The molecule has 0 aromatic carbocycles. The van der Waals surface area contributed by atoms with Crippen LogP contribution in [0.3, 0.4) is 0 Å². The van der Waals surface area contributed by atoms with Crippen LogP contribution >= 0.6 is 11.8 Å². The molecule has 1 aromatic heterocycles. The Hall–Kier alpha value is -0.620. The van der Waals surface area contributed by atoms with Crippen LogP contribution in [0.4, 0.5) is 0 Å². The highest BCUT2D eigenvalue weighted by Crippen LogP contribution is 2.36. The number of hydrogen-bond acceptors (Lipinski definition) is 5. The molecule has 0 amide bonds. The van der Waals surface area contributed by atoms with Crippen LogP contribution in [0.1, 0.15) is 58.4 Å². The van der Waals surface area contributed by atoms with Crippen molar-refractivity contribution in [1.29, 1.82) is 0 Å². The average Bonchev–Trinajstić information content (AvgIpc) is 3.15. The van der Waals surface area contributed by atoms with Crippen molar-refractivity contribution in [3.8, 4) is 0 Å². The molecule has 6 heteroatoms. The van der Waals surface area contributed by atoms with Gasteiger partial charge < -0.3 is 5.32 Å². The van der Waals surface area contributed by atoms with Gasteiger partial charge in [0.05, 0.1) is 6.04 Å². The molecule has 1 aliphatic rings. The van der Waals surface area contributed by atoms with Gasteiger partial charge in [0, 0.05) is 11.8 Å². The molecular formula is C13H25N5S. The van der Waals surface area contributed by atoms with Gasteiger partial charge in [-0.15, -0.1) is 5.10 Å². The summed E-state index contributed by atoms with van der Waals surface area (Å²) in [6, 6.07) is 1.22. The molecule has 5 nitrogen and oxygen atoms in total. The van der Waals surface area contributed by atoms with Gasteiger partial charge in [-0.2, -0.15) is 0 Å². The van der Waals surface area contributed by atoms with Crippen molar-refractivity contribution >= 4 is 11.8 Å². The average molecular weight is 283 g/mol. The predicted molar refractivity (Wildman–Crippen MR) is 78.4 cm³/mol. The summed E-state index contributed by atoms with van der Waals surface area (Å²) in [5.74, 6) is 1.12. The van der Waals surface area contributed by atoms with Crippen LogP contribution in [-0.2, 0) is 0 Å². The number of thioether (sulfide) groups is 1. The number of unbranched alkanes of at least 4 members (excludes halogenated alkanes) is 1. The molecule has 1 N–H and O–H groups in total. The lowest BCUT2D eigenvalue weighted by Crippen LogP contribution is -2.26. The topological polar surface area (TPSA) is 55.6 Å². The Balaban J connectivity index is 1.55. The first-order valence-corrected chi connectivity index (χ1v) is 8.44. The molecular weight excluding hydrogens is 258 g/mol. The van der Waals surface area contributed by atoms with E-state index >= 15 is 0 Å². The van der Waals surface area contributed by atoms with Crippen molar-refractivity contribution in [2.24, 2.45) is 0 Å². The third kappa shape index (κ3) is 5.10. The van der Waals surface area contributed by atoms with Gasteiger partial charge in [-0.05, 0) is 56.0 Å². The molecule has 19 heavy (non-hydrogen) atoms. The van der Waals surface area contributed by atoms with Crippen LogP contribution < -0.4 is 5.32 Å². The van der Waals surface area contributed by atoms with Crippen LogP contribution in [0, 0.1) is 0 Å². The fourth-order valence-corrected chi connectivity index (χ4v) is 2.98. The van der Waals surface area contributed by atoms with Gasteiger partial charge in [-0.1, -0.05) is 25.1 Å². The van der Waals surface area contributed by atoms with Crippen molar-refractivity contribution in [2.45, 2.75) is 69.6 Å². The smallest absolute Gasteiger partial charge is 0.209 e. The van der Waals surface area contributed by atoms with Crippen LogP contribution in [0.2, 0.25) is 0 Å². The first kappa shape index (κ1) is 14.8. The maximum absolute atomic E-state index is 4.10. The maximum Gasteiger partial charge on any atom is 0.209 e. The van der Waals surface area contributed by atoms with Gasteiger partial charge in [-0.3, -0.25) is 0 Å². The zero-order valence-electron chi connectivity index (χ0n) is 12.0. The third-order valence-corrected chi connectivity index (χ3v) is 4.38. The van der Waals surface area contributed by atoms with Crippen LogP contribution in [0.5, 0.6) is 0 Å². The van der Waals surface area contributed by atoms with E-state index in [1.54, 1.807) is 11.8 Å². The van der Waals surface area contributed by atoms with Crippen LogP contribution in [-0.4, -0.2) is 38.5 Å². The largest absolute Gasteiger partial charge is 0.314 e. The van der Waals surface area contributed by atoms with E-state index in [4.69, 9.17) is 0 Å². The standard InChI is InChI=1S/C13H25N5S/c1-3-9-14-11(2)6-4-5-10-19-13-15-16-17-18(13)12-7-8-12/h11-12,14H,3-10H2,1-2H3. The molecule has 1 fully saturated rings. The lowest BCUT2D eigenvalue weighted by atomic mass is 10.1. The van der Waals surface area contributed by atoms with E-state index in [1.807, 2.05) is 4.68 Å². The monoisotopic (exact) mass is 283 g/mol. The van der Waals surface area contributed by atoms with Gasteiger partial charge in [-0.25, -0.2) is 4.68 Å². The molecule has 0 aliphatic heterocycles. The second-order valence-electron chi connectivity index (χ2n) is 5.34. The summed E-state index contributed by atoms with van der Waals surface area (Å²) in [6.07, 6.45) is 7.45. The summed E-state index contributed by atoms with van der Waals surface area (Å²) in [4.78, 5) is 0. The van der Waals surface area contributed by atoms with Crippen molar-refractivity contribution in [2.75, 3.05) is 12.3 Å². The Kier molecular flexibility index (Phi) is 6.10. The number of nitrogens with one attached hydrogen (secondary N) is 1. The summed E-state index contributed by atoms with van der Waals surface area (Å²) in [5.41, 5.74) is 0. The summed E-state index contributed by atoms with van der Waals surface area (Å²) in [6.45, 7) is 5.61. The first-order chi connectivity index (χ1) is 9.31. The SMILES string of the molecule is CCCNC(C)CCCCSc1nnnn1C1CC1. The van der Waals surface area contributed by atoms with E-state index in [-0.39, 0.29) is 0 Å². The summed E-state index contributed by atoms with van der Waals surface area (Å²) in [7, 11) is 0. The Morgan fingerprint density at radius 2 is 2.26 bits per heavy atom. The number of hydrogen-bond donors (Lipinski definition) is 1. The highest BCUT2D eigenvalue weighted by Gasteiger charge is 2.27. The van der Waals surface area contributed by atoms with E-state index in [0.717, 1.165) is 17.5 Å². The molecule has 1 heterocycles. The van der Waals surface area contributed by atoms with E-state index in [0.29, 0.717) is 12.1 Å². The van der Waals surface area contributed by atoms with Gasteiger partial charge in [0.1, 0.15) is 0 Å². The fourth-order valence-electron chi connectivity index (χ4n) is 2.04. The molecule has 1 aromatic rings. The van der Waals surface area contributed by atoms with Crippen LogP contribution in [0.25, 0.3) is 0 Å². The molecule has 1 aliphatic carbocycles. The van der Waals surface area contributed by atoms with Crippen molar-refractivity contribution < 1.29 is 0 Å². The van der Waals surface area contributed by atoms with Crippen molar-refractivity contribution in [3.63, 3.8) is 0 Å². The molecule has 0 radical (unpaired) electrons. The molecule has 0 spiro atoms. The normalized spacial score (nSPS) is 16.7. The summed E-state index contributed by atoms with van der Waals surface area (Å²) >= 11 is 1.80. The molecule has 0 saturated heterocycles. The van der Waals surface area contributed by atoms with Gasteiger partial charge >= 0.3 is 0 Å². The van der Waals surface area contributed by atoms with Gasteiger partial charge in [0.15, 0.2) is 0 Å². The second kappa shape index (κ2) is 7.85. The predicted octanol–water partition coefficient (Wildman–Crippen LogP) is 2.66. The Labute approximate surface area is 119 Å². The van der Waals surface area contributed by atoms with Gasteiger partial charge in [0.2, 0.25) is 5.16 Å². The number of tetrazole rings is 1. The van der Waals surface area contributed by atoms with E-state index in [9.17, 15) is 0 Å². The van der Waals surface area contributed by atoms with E-state index in [1.165, 1.54) is 38.5 Å². The van der Waals surface area contributed by atoms with Crippen molar-refractivity contribution in [3.05, 3.63) is 0 Å². The highest BCUT2D eigenvalue weighted by molar-refractivity contribution is 7.99. The Morgan fingerprint density at radius 1 is 1.42 bits per heavy atom. The maximum atomic E-state index is 4.10. The molecule has 108 valence electrons. The lowest BCUT2D eigenvalue weighted by Gasteiger charge is -2.12. The lowest BCUT2D eigenvalue weighted by molar-refractivity contribution is 0.496. The fraction of sp³-hybridized carbons (Fsp3) is 0.923. The molecule has 0 bridgehead atoms. The van der Waals surface area contributed by atoms with Gasteiger partial charge in [0.25, 0.3) is 0 Å². The molecule has 2 rings (SSSR count). The third-order valence-electron chi connectivity index (χ3n) is 3.36. The molecule has 1 unspecified atom stereocenters.